The largest absolute Gasteiger partial charge is 0.311 e. The van der Waals surface area contributed by atoms with Crippen LogP contribution in [0.15, 0.2) is 0 Å². The molecular formula is C13H25N. The van der Waals surface area contributed by atoms with Gasteiger partial charge < -0.3 is 5.32 Å². The fourth-order valence-corrected chi connectivity index (χ4v) is 3.40. The molecule has 2 unspecified atom stereocenters. The van der Waals surface area contributed by atoms with E-state index in [0.717, 1.165) is 11.8 Å². The number of hydrogen-bond donors (Lipinski definition) is 1. The minimum atomic E-state index is 0.561. The molecule has 2 rings (SSSR count). The van der Waals surface area contributed by atoms with Crippen LogP contribution in [0.25, 0.3) is 0 Å². The zero-order valence-electron chi connectivity index (χ0n) is 9.81. The number of hydrogen-bond acceptors (Lipinski definition) is 1. The first-order chi connectivity index (χ1) is 6.72. The third kappa shape index (κ3) is 2.13. The first-order valence-electron chi connectivity index (χ1n) is 6.47. The molecule has 0 aromatic carbocycles. The molecule has 82 valence electrons. The summed E-state index contributed by atoms with van der Waals surface area (Å²) in [6.45, 7) is 6.07. The molecule has 1 heteroatoms. The topological polar surface area (TPSA) is 12.0 Å². The van der Waals surface area contributed by atoms with Gasteiger partial charge >= 0.3 is 0 Å². The van der Waals surface area contributed by atoms with Crippen molar-refractivity contribution in [1.29, 1.82) is 0 Å². The molecule has 2 atom stereocenters. The summed E-state index contributed by atoms with van der Waals surface area (Å²) < 4.78 is 0. The van der Waals surface area contributed by atoms with E-state index in [4.69, 9.17) is 0 Å². The van der Waals surface area contributed by atoms with E-state index in [-0.39, 0.29) is 0 Å². The first kappa shape index (κ1) is 10.5. The quantitative estimate of drug-likeness (QED) is 0.676. The Morgan fingerprint density at radius 2 is 1.93 bits per heavy atom. The lowest BCUT2D eigenvalue weighted by Crippen LogP contribution is -2.41. The molecule has 0 aromatic heterocycles. The lowest BCUT2D eigenvalue weighted by molar-refractivity contribution is 0.243. The lowest BCUT2D eigenvalue weighted by atomic mass is 9.80. The van der Waals surface area contributed by atoms with E-state index >= 15 is 0 Å². The smallest absolute Gasteiger partial charge is 0.0184 e. The fourth-order valence-electron chi connectivity index (χ4n) is 3.40. The highest BCUT2D eigenvalue weighted by molar-refractivity contribution is 4.96. The van der Waals surface area contributed by atoms with Crippen molar-refractivity contribution in [3.05, 3.63) is 0 Å². The normalized spacial score (nSPS) is 39.2. The molecule has 0 bridgehead atoms. The van der Waals surface area contributed by atoms with Crippen LogP contribution in [-0.4, -0.2) is 12.1 Å². The van der Waals surface area contributed by atoms with Crippen LogP contribution < -0.4 is 5.32 Å². The SMILES string of the molecule is CC(C)C1CCCCC2(CCCN2)C1. The highest BCUT2D eigenvalue weighted by Gasteiger charge is 2.37. The summed E-state index contributed by atoms with van der Waals surface area (Å²) in [6, 6.07) is 0. The predicted molar refractivity (Wildman–Crippen MR) is 61.4 cm³/mol. The summed E-state index contributed by atoms with van der Waals surface area (Å²) in [7, 11) is 0. The van der Waals surface area contributed by atoms with Crippen LogP contribution in [0.1, 0.15) is 58.8 Å². The van der Waals surface area contributed by atoms with Crippen LogP contribution in [0.5, 0.6) is 0 Å². The molecule has 1 nitrogen and oxygen atoms in total. The molecule has 1 spiro atoms. The van der Waals surface area contributed by atoms with Crippen molar-refractivity contribution in [2.24, 2.45) is 11.8 Å². The molecule has 0 radical (unpaired) electrons. The Morgan fingerprint density at radius 3 is 2.57 bits per heavy atom. The highest BCUT2D eigenvalue weighted by atomic mass is 15.0. The number of rotatable bonds is 1. The minimum Gasteiger partial charge on any atom is -0.311 e. The second-order valence-electron chi connectivity index (χ2n) is 5.76. The Balaban J connectivity index is 2.03. The molecule has 1 saturated carbocycles. The van der Waals surface area contributed by atoms with Crippen molar-refractivity contribution in [3.8, 4) is 0 Å². The van der Waals surface area contributed by atoms with Crippen molar-refractivity contribution >= 4 is 0 Å². The third-order valence-corrected chi connectivity index (χ3v) is 4.41. The summed E-state index contributed by atoms with van der Waals surface area (Å²) in [5, 5.41) is 3.80. The average Bonchev–Trinajstić information content (AvgIpc) is 2.47. The summed E-state index contributed by atoms with van der Waals surface area (Å²) in [6.07, 6.45) is 10.1. The van der Waals surface area contributed by atoms with E-state index in [2.05, 4.69) is 19.2 Å². The van der Waals surface area contributed by atoms with Gasteiger partial charge in [-0.2, -0.15) is 0 Å². The molecule has 1 aliphatic carbocycles. The van der Waals surface area contributed by atoms with Gasteiger partial charge in [0.2, 0.25) is 0 Å². The van der Waals surface area contributed by atoms with E-state index in [1.165, 1.54) is 51.5 Å². The van der Waals surface area contributed by atoms with Gasteiger partial charge in [-0.05, 0) is 44.1 Å². The van der Waals surface area contributed by atoms with Crippen LogP contribution in [-0.2, 0) is 0 Å². The third-order valence-electron chi connectivity index (χ3n) is 4.41. The molecule has 1 heterocycles. The molecule has 1 aliphatic heterocycles. The Kier molecular flexibility index (Phi) is 3.16. The highest BCUT2D eigenvalue weighted by Crippen LogP contribution is 2.39. The Hall–Kier alpha value is -0.0400. The first-order valence-corrected chi connectivity index (χ1v) is 6.47. The van der Waals surface area contributed by atoms with Crippen LogP contribution in [0, 0.1) is 11.8 Å². The van der Waals surface area contributed by atoms with Gasteiger partial charge in [0.1, 0.15) is 0 Å². The second-order valence-corrected chi connectivity index (χ2v) is 5.76. The second kappa shape index (κ2) is 4.22. The number of nitrogens with one attached hydrogen (secondary N) is 1. The van der Waals surface area contributed by atoms with Crippen LogP contribution in [0.3, 0.4) is 0 Å². The van der Waals surface area contributed by atoms with E-state index in [1.807, 2.05) is 0 Å². The maximum Gasteiger partial charge on any atom is 0.0184 e. The van der Waals surface area contributed by atoms with Crippen molar-refractivity contribution in [3.63, 3.8) is 0 Å². The van der Waals surface area contributed by atoms with Crippen LogP contribution >= 0.6 is 0 Å². The van der Waals surface area contributed by atoms with Crippen molar-refractivity contribution in [2.45, 2.75) is 64.3 Å². The van der Waals surface area contributed by atoms with Gasteiger partial charge in [-0.3, -0.25) is 0 Å². The zero-order chi connectivity index (χ0) is 10.0. The van der Waals surface area contributed by atoms with Gasteiger partial charge in [-0.15, -0.1) is 0 Å². The van der Waals surface area contributed by atoms with E-state index < -0.39 is 0 Å². The average molecular weight is 195 g/mol. The molecule has 2 fully saturated rings. The zero-order valence-corrected chi connectivity index (χ0v) is 9.81. The van der Waals surface area contributed by atoms with Gasteiger partial charge in [-0.1, -0.05) is 33.1 Å². The summed E-state index contributed by atoms with van der Waals surface area (Å²) in [5.74, 6) is 1.86. The Morgan fingerprint density at radius 1 is 1.14 bits per heavy atom. The predicted octanol–water partition coefficient (Wildman–Crippen LogP) is 3.34. The van der Waals surface area contributed by atoms with E-state index in [9.17, 15) is 0 Å². The molecule has 0 amide bonds. The maximum atomic E-state index is 3.80. The van der Waals surface area contributed by atoms with Crippen molar-refractivity contribution in [2.75, 3.05) is 6.54 Å². The minimum absolute atomic E-state index is 0.561. The monoisotopic (exact) mass is 195 g/mol. The van der Waals surface area contributed by atoms with Gasteiger partial charge in [0, 0.05) is 5.54 Å². The Bertz CT molecular complexity index is 180. The van der Waals surface area contributed by atoms with Gasteiger partial charge in [0.05, 0.1) is 0 Å². The lowest BCUT2D eigenvalue weighted by Gasteiger charge is -2.32. The van der Waals surface area contributed by atoms with Gasteiger partial charge in [0.15, 0.2) is 0 Å². The van der Waals surface area contributed by atoms with E-state index in [0.29, 0.717) is 5.54 Å². The molecule has 1 saturated heterocycles. The molecular weight excluding hydrogens is 170 g/mol. The van der Waals surface area contributed by atoms with Gasteiger partial charge in [-0.25, -0.2) is 0 Å². The standard InChI is InChI=1S/C13H25N/c1-11(2)12-6-3-4-7-13(10-12)8-5-9-14-13/h11-12,14H,3-10H2,1-2H3. The van der Waals surface area contributed by atoms with E-state index in [1.54, 1.807) is 0 Å². The van der Waals surface area contributed by atoms with Crippen LogP contribution in [0.4, 0.5) is 0 Å². The van der Waals surface area contributed by atoms with Crippen LogP contribution in [0.2, 0.25) is 0 Å². The molecule has 0 aromatic rings. The summed E-state index contributed by atoms with van der Waals surface area (Å²) >= 11 is 0. The molecule has 1 N–H and O–H groups in total. The van der Waals surface area contributed by atoms with Crippen molar-refractivity contribution in [1.82, 2.24) is 5.32 Å². The molecule has 14 heavy (non-hydrogen) atoms. The van der Waals surface area contributed by atoms with Gasteiger partial charge in [0.25, 0.3) is 0 Å². The fraction of sp³-hybridized carbons (Fsp3) is 1.00. The van der Waals surface area contributed by atoms with Crippen molar-refractivity contribution < 1.29 is 0 Å². The molecule has 2 aliphatic rings. The summed E-state index contributed by atoms with van der Waals surface area (Å²) in [4.78, 5) is 0. The Labute approximate surface area is 88.7 Å². The summed E-state index contributed by atoms with van der Waals surface area (Å²) in [5.41, 5.74) is 0.561. The maximum absolute atomic E-state index is 3.80.